The van der Waals surface area contributed by atoms with Crippen molar-refractivity contribution >= 4 is 0 Å². The molecule has 2 heteroatoms. The van der Waals surface area contributed by atoms with Crippen molar-refractivity contribution in [2.45, 2.75) is 32.3 Å². The van der Waals surface area contributed by atoms with Crippen molar-refractivity contribution in [2.24, 2.45) is 5.73 Å². The predicted octanol–water partition coefficient (Wildman–Crippen LogP) is 4.39. The monoisotopic (exact) mass is 283 g/mol. The summed E-state index contributed by atoms with van der Waals surface area (Å²) in [6.07, 6.45) is 4.68. The Labute approximate surface area is 127 Å². The van der Waals surface area contributed by atoms with Crippen LogP contribution in [0.4, 0.5) is 0 Å². The molecular formula is C19H25NO. The topological polar surface area (TPSA) is 35.2 Å². The van der Waals surface area contributed by atoms with Crippen molar-refractivity contribution in [1.82, 2.24) is 0 Å². The predicted molar refractivity (Wildman–Crippen MR) is 89.1 cm³/mol. The fourth-order valence-corrected chi connectivity index (χ4v) is 2.32. The van der Waals surface area contributed by atoms with Crippen molar-refractivity contribution in [1.29, 1.82) is 0 Å². The summed E-state index contributed by atoms with van der Waals surface area (Å²) in [5, 5.41) is 0. The second kappa shape index (κ2) is 9.32. The van der Waals surface area contributed by atoms with Crippen LogP contribution < -0.4 is 5.73 Å². The molecule has 0 aliphatic carbocycles. The first kappa shape index (κ1) is 15.7. The summed E-state index contributed by atoms with van der Waals surface area (Å²) in [4.78, 5) is 0. The number of hydrogen-bond donors (Lipinski definition) is 1. The lowest BCUT2D eigenvalue weighted by Gasteiger charge is -2.06. The van der Waals surface area contributed by atoms with Crippen molar-refractivity contribution in [2.75, 3.05) is 13.2 Å². The van der Waals surface area contributed by atoms with Gasteiger partial charge in [-0.25, -0.2) is 0 Å². The van der Waals surface area contributed by atoms with Gasteiger partial charge in [0.15, 0.2) is 0 Å². The highest BCUT2D eigenvalue weighted by atomic mass is 16.5. The smallest absolute Gasteiger partial charge is 0.0716 e. The van der Waals surface area contributed by atoms with E-state index in [0.29, 0.717) is 6.61 Å². The quantitative estimate of drug-likeness (QED) is 0.693. The molecule has 0 fully saturated rings. The molecule has 0 saturated heterocycles. The average Bonchev–Trinajstić information content (AvgIpc) is 2.55. The maximum Gasteiger partial charge on any atom is 0.0716 e. The first-order chi connectivity index (χ1) is 10.4. The molecule has 2 N–H and O–H groups in total. The number of ether oxygens (including phenoxy) is 1. The zero-order valence-corrected chi connectivity index (χ0v) is 12.6. The lowest BCUT2D eigenvalue weighted by Crippen LogP contribution is -1.99. The Hall–Kier alpha value is -1.64. The van der Waals surface area contributed by atoms with Crippen LogP contribution in [0.25, 0.3) is 11.1 Å². The van der Waals surface area contributed by atoms with Gasteiger partial charge in [-0.1, -0.05) is 67.4 Å². The molecule has 2 nitrogen and oxygen atoms in total. The number of hydrogen-bond acceptors (Lipinski definition) is 2. The van der Waals surface area contributed by atoms with E-state index in [0.717, 1.165) is 26.0 Å². The molecule has 0 amide bonds. The molecule has 0 saturated carbocycles. The summed E-state index contributed by atoms with van der Waals surface area (Å²) in [5.74, 6) is 0. The summed E-state index contributed by atoms with van der Waals surface area (Å²) < 4.78 is 5.71. The molecule has 2 aromatic rings. The van der Waals surface area contributed by atoms with Gasteiger partial charge in [0.1, 0.15) is 0 Å². The molecular weight excluding hydrogens is 258 g/mol. The fourth-order valence-electron chi connectivity index (χ4n) is 2.32. The normalized spacial score (nSPS) is 10.7. The second-order valence-corrected chi connectivity index (χ2v) is 5.32. The summed E-state index contributed by atoms with van der Waals surface area (Å²) in [7, 11) is 0. The lowest BCUT2D eigenvalue weighted by molar-refractivity contribution is 0.117. The molecule has 0 aliphatic rings. The summed E-state index contributed by atoms with van der Waals surface area (Å²) >= 11 is 0. The van der Waals surface area contributed by atoms with Crippen molar-refractivity contribution in [3.05, 3.63) is 60.2 Å². The summed E-state index contributed by atoms with van der Waals surface area (Å²) in [6.45, 7) is 2.34. The highest BCUT2D eigenvalue weighted by Gasteiger charge is 1.98. The molecule has 0 heterocycles. The van der Waals surface area contributed by atoms with Crippen LogP contribution in [0.3, 0.4) is 0 Å². The van der Waals surface area contributed by atoms with Gasteiger partial charge >= 0.3 is 0 Å². The van der Waals surface area contributed by atoms with E-state index >= 15 is 0 Å². The molecule has 0 aliphatic heterocycles. The van der Waals surface area contributed by atoms with E-state index in [9.17, 15) is 0 Å². The van der Waals surface area contributed by atoms with Crippen LogP contribution in [0.5, 0.6) is 0 Å². The number of nitrogens with two attached hydrogens (primary N) is 1. The molecule has 0 radical (unpaired) electrons. The third kappa shape index (κ3) is 5.70. The van der Waals surface area contributed by atoms with Gasteiger partial charge in [0.2, 0.25) is 0 Å². The van der Waals surface area contributed by atoms with Crippen LogP contribution in [-0.2, 0) is 11.3 Å². The van der Waals surface area contributed by atoms with Crippen molar-refractivity contribution in [3.8, 4) is 11.1 Å². The fraction of sp³-hybridized carbons (Fsp3) is 0.368. The second-order valence-electron chi connectivity index (χ2n) is 5.32. The Morgan fingerprint density at radius 3 is 2.10 bits per heavy atom. The third-order valence-corrected chi connectivity index (χ3v) is 3.57. The number of rotatable bonds is 9. The Bertz CT molecular complexity index is 493. The highest BCUT2D eigenvalue weighted by molar-refractivity contribution is 5.63. The van der Waals surface area contributed by atoms with Crippen LogP contribution in [0.15, 0.2) is 54.6 Å². The first-order valence-electron chi connectivity index (χ1n) is 7.82. The Morgan fingerprint density at radius 2 is 1.38 bits per heavy atom. The minimum atomic E-state index is 0.700. The van der Waals surface area contributed by atoms with E-state index in [1.165, 1.54) is 29.5 Å². The van der Waals surface area contributed by atoms with Crippen LogP contribution in [0, 0.1) is 0 Å². The van der Waals surface area contributed by atoms with Gasteiger partial charge in [-0.15, -0.1) is 0 Å². The average molecular weight is 283 g/mol. The van der Waals surface area contributed by atoms with Crippen molar-refractivity contribution < 1.29 is 4.74 Å². The summed E-state index contributed by atoms with van der Waals surface area (Å²) in [6, 6.07) is 19.1. The van der Waals surface area contributed by atoms with Gasteiger partial charge < -0.3 is 10.5 Å². The minimum Gasteiger partial charge on any atom is -0.377 e. The molecule has 0 aromatic heterocycles. The van der Waals surface area contributed by atoms with Crippen molar-refractivity contribution in [3.63, 3.8) is 0 Å². The van der Waals surface area contributed by atoms with Gasteiger partial charge in [-0.05, 0) is 36.1 Å². The zero-order valence-electron chi connectivity index (χ0n) is 12.6. The molecule has 0 spiro atoms. The van der Waals surface area contributed by atoms with Gasteiger partial charge in [0.05, 0.1) is 6.61 Å². The third-order valence-electron chi connectivity index (χ3n) is 3.57. The van der Waals surface area contributed by atoms with Gasteiger partial charge in [-0.3, -0.25) is 0 Å². The van der Waals surface area contributed by atoms with Gasteiger partial charge in [0, 0.05) is 6.61 Å². The Kier molecular flexibility index (Phi) is 6.99. The molecule has 0 atom stereocenters. The largest absolute Gasteiger partial charge is 0.377 e. The van der Waals surface area contributed by atoms with E-state index in [4.69, 9.17) is 10.5 Å². The van der Waals surface area contributed by atoms with Crippen LogP contribution in [0.2, 0.25) is 0 Å². The number of benzene rings is 2. The van der Waals surface area contributed by atoms with Crippen LogP contribution in [-0.4, -0.2) is 13.2 Å². The molecule has 112 valence electrons. The Morgan fingerprint density at radius 1 is 0.714 bits per heavy atom. The molecule has 21 heavy (non-hydrogen) atoms. The Balaban J connectivity index is 1.71. The maximum atomic E-state index is 5.71. The highest BCUT2D eigenvalue weighted by Crippen LogP contribution is 2.19. The molecule has 0 unspecified atom stereocenters. The van der Waals surface area contributed by atoms with E-state index in [1.807, 2.05) is 6.07 Å². The lowest BCUT2D eigenvalue weighted by atomic mass is 10.0. The molecule has 2 aromatic carbocycles. The maximum absolute atomic E-state index is 5.71. The minimum absolute atomic E-state index is 0.700. The van der Waals surface area contributed by atoms with Crippen LogP contribution >= 0.6 is 0 Å². The SMILES string of the molecule is NCCCCCCOCc1ccc(-c2ccccc2)cc1. The van der Waals surface area contributed by atoms with Gasteiger partial charge in [-0.2, -0.15) is 0 Å². The van der Waals surface area contributed by atoms with E-state index in [2.05, 4.69) is 48.5 Å². The van der Waals surface area contributed by atoms with E-state index in [1.54, 1.807) is 0 Å². The van der Waals surface area contributed by atoms with Crippen LogP contribution in [0.1, 0.15) is 31.2 Å². The van der Waals surface area contributed by atoms with Gasteiger partial charge in [0.25, 0.3) is 0 Å². The van der Waals surface area contributed by atoms with E-state index in [-0.39, 0.29) is 0 Å². The molecule has 0 bridgehead atoms. The zero-order chi connectivity index (χ0) is 14.8. The standard InChI is InChI=1S/C19H25NO/c20-14-6-1-2-7-15-21-16-17-10-12-19(13-11-17)18-8-4-3-5-9-18/h3-5,8-13H,1-2,6-7,14-16,20H2. The summed E-state index contributed by atoms with van der Waals surface area (Å²) in [5.41, 5.74) is 9.21. The van der Waals surface area contributed by atoms with E-state index < -0.39 is 0 Å². The first-order valence-corrected chi connectivity index (χ1v) is 7.82. The number of unbranched alkanes of at least 4 members (excludes halogenated alkanes) is 3. The molecule has 2 rings (SSSR count).